The first kappa shape index (κ1) is 28.3. The molecule has 0 heterocycles. The molecular formula is C23H48N2O4. The Morgan fingerprint density at radius 2 is 1.41 bits per heavy atom. The summed E-state index contributed by atoms with van der Waals surface area (Å²) in [5, 5.41) is 34.2. The van der Waals surface area contributed by atoms with Crippen LogP contribution in [0.5, 0.6) is 0 Å². The average molecular weight is 417 g/mol. The molecule has 0 fully saturated rings. The molecule has 1 amide bonds. The lowest BCUT2D eigenvalue weighted by molar-refractivity contribution is -0.122. The van der Waals surface area contributed by atoms with E-state index in [-0.39, 0.29) is 31.2 Å². The van der Waals surface area contributed by atoms with Crippen LogP contribution in [-0.2, 0) is 4.79 Å². The molecule has 3 atom stereocenters. The normalized spacial score (nSPS) is 14.5. The molecule has 5 N–H and O–H groups in total. The maximum atomic E-state index is 11.9. The molecule has 0 radical (unpaired) electrons. The van der Waals surface area contributed by atoms with Gasteiger partial charge in [-0.3, -0.25) is 4.79 Å². The van der Waals surface area contributed by atoms with E-state index in [0.29, 0.717) is 13.0 Å². The van der Waals surface area contributed by atoms with E-state index in [9.17, 15) is 15.0 Å². The SMILES string of the molecule is CCCCCCC(O)CCCCCCCCC(CC(=O)NCC(C)O)NCCO. The summed E-state index contributed by atoms with van der Waals surface area (Å²) < 4.78 is 0. The highest BCUT2D eigenvalue weighted by atomic mass is 16.3. The molecular weight excluding hydrogens is 368 g/mol. The Morgan fingerprint density at radius 1 is 0.862 bits per heavy atom. The largest absolute Gasteiger partial charge is 0.395 e. The lowest BCUT2D eigenvalue weighted by Gasteiger charge is -2.18. The first-order chi connectivity index (χ1) is 14.0. The molecule has 6 heteroatoms. The summed E-state index contributed by atoms with van der Waals surface area (Å²) in [5.41, 5.74) is 0. The van der Waals surface area contributed by atoms with E-state index in [1.165, 1.54) is 38.5 Å². The van der Waals surface area contributed by atoms with Gasteiger partial charge in [0, 0.05) is 25.6 Å². The Labute approximate surface area is 178 Å². The minimum atomic E-state index is -0.537. The summed E-state index contributed by atoms with van der Waals surface area (Å²) in [7, 11) is 0. The second-order valence-corrected chi connectivity index (χ2v) is 8.43. The fourth-order valence-electron chi connectivity index (χ4n) is 3.53. The van der Waals surface area contributed by atoms with Crippen LogP contribution in [0, 0.1) is 0 Å². The lowest BCUT2D eigenvalue weighted by Crippen LogP contribution is -2.38. The van der Waals surface area contributed by atoms with E-state index >= 15 is 0 Å². The van der Waals surface area contributed by atoms with Crippen molar-refractivity contribution >= 4 is 5.91 Å². The Kier molecular flexibility index (Phi) is 20.1. The van der Waals surface area contributed by atoms with Gasteiger partial charge in [0.2, 0.25) is 5.91 Å². The van der Waals surface area contributed by atoms with Crippen LogP contribution in [-0.4, -0.2) is 59.2 Å². The highest BCUT2D eigenvalue weighted by molar-refractivity contribution is 5.76. The summed E-state index contributed by atoms with van der Waals surface area (Å²) in [6.45, 7) is 4.69. The molecule has 174 valence electrons. The topological polar surface area (TPSA) is 102 Å². The first-order valence-corrected chi connectivity index (χ1v) is 12.0. The minimum absolute atomic E-state index is 0.0606. The first-order valence-electron chi connectivity index (χ1n) is 12.0. The number of carbonyl (C=O) groups is 1. The molecule has 0 saturated heterocycles. The van der Waals surface area contributed by atoms with Gasteiger partial charge >= 0.3 is 0 Å². The maximum absolute atomic E-state index is 11.9. The number of carbonyl (C=O) groups excluding carboxylic acids is 1. The van der Waals surface area contributed by atoms with Crippen LogP contribution in [0.4, 0.5) is 0 Å². The Balaban J connectivity index is 3.72. The van der Waals surface area contributed by atoms with E-state index in [1.807, 2.05) is 0 Å². The van der Waals surface area contributed by atoms with E-state index in [2.05, 4.69) is 17.6 Å². The van der Waals surface area contributed by atoms with E-state index in [0.717, 1.165) is 44.9 Å². The number of nitrogens with one attached hydrogen (secondary N) is 2. The van der Waals surface area contributed by atoms with Crippen LogP contribution >= 0.6 is 0 Å². The van der Waals surface area contributed by atoms with Gasteiger partial charge in [-0.25, -0.2) is 0 Å². The molecule has 6 nitrogen and oxygen atoms in total. The van der Waals surface area contributed by atoms with Crippen LogP contribution in [0.1, 0.15) is 104 Å². The highest BCUT2D eigenvalue weighted by Gasteiger charge is 2.13. The molecule has 0 saturated carbocycles. The third-order valence-electron chi connectivity index (χ3n) is 5.30. The van der Waals surface area contributed by atoms with Gasteiger partial charge in [0.25, 0.3) is 0 Å². The van der Waals surface area contributed by atoms with Gasteiger partial charge in [-0.05, 0) is 26.2 Å². The molecule has 0 aromatic heterocycles. The van der Waals surface area contributed by atoms with Crippen molar-refractivity contribution in [3.05, 3.63) is 0 Å². The summed E-state index contributed by atoms with van der Waals surface area (Å²) >= 11 is 0. The van der Waals surface area contributed by atoms with Crippen LogP contribution in [0.15, 0.2) is 0 Å². The predicted molar refractivity (Wildman–Crippen MR) is 120 cm³/mol. The summed E-state index contributed by atoms with van der Waals surface area (Å²) in [6, 6.07) is 0.0685. The fraction of sp³-hybridized carbons (Fsp3) is 0.957. The average Bonchev–Trinajstić information content (AvgIpc) is 2.69. The third kappa shape index (κ3) is 20.4. The summed E-state index contributed by atoms with van der Waals surface area (Å²) in [6.07, 6.45) is 14.3. The monoisotopic (exact) mass is 416 g/mol. The Bertz CT molecular complexity index is 367. The van der Waals surface area contributed by atoms with Crippen molar-refractivity contribution in [1.82, 2.24) is 10.6 Å². The van der Waals surface area contributed by atoms with E-state index < -0.39 is 6.10 Å². The van der Waals surface area contributed by atoms with Crippen molar-refractivity contribution in [2.24, 2.45) is 0 Å². The Hall–Kier alpha value is -0.690. The number of amides is 1. The highest BCUT2D eigenvalue weighted by Crippen LogP contribution is 2.14. The van der Waals surface area contributed by atoms with E-state index in [4.69, 9.17) is 5.11 Å². The molecule has 0 spiro atoms. The number of aliphatic hydroxyl groups is 3. The zero-order chi connectivity index (χ0) is 21.7. The number of hydrogen-bond donors (Lipinski definition) is 5. The smallest absolute Gasteiger partial charge is 0.221 e. The van der Waals surface area contributed by atoms with Gasteiger partial charge in [-0.2, -0.15) is 0 Å². The second-order valence-electron chi connectivity index (χ2n) is 8.43. The van der Waals surface area contributed by atoms with E-state index in [1.54, 1.807) is 6.92 Å². The van der Waals surface area contributed by atoms with Crippen LogP contribution < -0.4 is 10.6 Å². The molecule has 29 heavy (non-hydrogen) atoms. The molecule has 0 aromatic rings. The number of rotatable bonds is 21. The molecule has 0 aliphatic heterocycles. The predicted octanol–water partition coefficient (Wildman–Crippen LogP) is 3.28. The molecule has 0 aliphatic carbocycles. The molecule has 0 rings (SSSR count). The van der Waals surface area contributed by atoms with Crippen LogP contribution in [0.3, 0.4) is 0 Å². The van der Waals surface area contributed by atoms with Gasteiger partial charge < -0.3 is 26.0 Å². The van der Waals surface area contributed by atoms with Gasteiger partial charge in [0.05, 0.1) is 18.8 Å². The van der Waals surface area contributed by atoms with Crippen molar-refractivity contribution in [3.8, 4) is 0 Å². The fourth-order valence-corrected chi connectivity index (χ4v) is 3.53. The van der Waals surface area contributed by atoms with Crippen LogP contribution in [0.2, 0.25) is 0 Å². The van der Waals surface area contributed by atoms with Gasteiger partial charge in [0.15, 0.2) is 0 Å². The van der Waals surface area contributed by atoms with Gasteiger partial charge in [0.1, 0.15) is 0 Å². The number of aliphatic hydroxyl groups excluding tert-OH is 3. The number of hydrogen-bond acceptors (Lipinski definition) is 5. The quantitative estimate of drug-likeness (QED) is 0.185. The summed E-state index contributed by atoms with van der Waals surface area (Å²) in [4.78, 5) is 11.9. The van der Waals surface area contributed by atoms with Crippen molar-refractivity contribution < 1.29 is 20.1 Å². The van der Waals surface area contributed by atoms with Gasteiger partial charge in [-0.15, -0.1) is 0 Å². The van der Waals surface area contributed by atoms with Crippen molar-refractivity contribution in [2.75, 3.05) is 19.7 Å². The second kappa shape index (κ2) is 20.6. The lowest BCUT2D eigenvalue weighted by atomic mass is 10.0. The minimum Gasteiger partial charge on any atom is -0.395 e. The standard InChI is InChI=1S/C23H48N2O4/c1-3-4-5-11-14-22(28)15-12-9-7-6-8-10-13-21(24-16-17-26)18-23(29)25-19-20(2)27/h20-22,24,26-28H,3-19H2,1-2H3,(H,25,29). The maximum Gasteiger partial charge on any atom is 0.221 e. The molecule has 0 bridgehead atoms. The third-order valence-corrected chi connectivity index (χ3v) is 5.30. The van der Waals surface area contributed by atoms with Crippen molar-refractivity contribution in [3.63, 3.8) is 0 Å². The molecule has 3 unspecified atom stereocenters. The summed E-state index contributed by atoms with van der Waals surface area (Å²) in [5.74, 6) is -0.0606. The van der Waals surface area contributed by atoms with Crippen molar-refractivity contribution in [1.29, 1.82) is 0 Å². The Morgan fingerprint density at radius 3 is 1.97 bits per heavy atom. The molecule has 0 aromatic carbocycles. The number of unbranched alkanes of at least 4 members (excludes halogenated alkanes) is 8. The van der Waals surface area contributed by atoms with Crippen molar-refractivity contribution in [2.45, 2.75) is 122 Å². The van der Waals surface area contributed by atoms with Crippen LogP contribution in [0.25, 0.3) is 0 Å². The zero-order valence-electron chi connectivity index (χ0n) is 19.0. The van der Waals surface area contributed by atoms with Gasteiger partial charge in [-0.1, -0.05) is 71.1 Å². The zero-order valence-corrected chi connectivity index (χ0v) is 19.0. The molecule has 0 aliphatic rings.